The Hall–Kier alpha value is -1.11. The lowest BCUT2D eigenvalue weighted by atomic mass is 10.2. The molecule has 18 heavy (non-hydrogen) atoms. The maximum Gasteiger partial charge on any atom is 0.240 e. The number of ether oxygens (including phenoxy) is 1. The summed E-state index contributed by atoms with van der Waals surface area (Å²) in [6.45, 7) is 6.17. The Labute approximate surface area is 108 Å². The van der Waals surface area contributed by atoms with Gasteiger partial charge in [-0.1, -0.05) is 6.07 Å². The maximum absolute atomic E-state index is 12.1. The summed E-state index contributed by atoms with van der Waals surface area (Å²) in [6, 6.07) is 4.85. The zero-order valence-corrected chi connectivity index (χ0v) is 11.8. The lowest BCUT2D eigenvalue weighted by Gasteiger charge is -2.14. The number of benzene rings is 1. The number of nitrogens with two attached hydrogens (primary N) is 1. The molecule has 0 spiro atoms. The Morgan fingerprint density at radius 1 is 1.44 bits per heavy atom. The summed E-state index contributed by atoms with van der Waals surface area (Å²) in [4.78, 5) is 0.214. The Morgan fingerprint density at radius 3 is 2.72 bits per heavy atom. The van der Waals surface area contributed by atoms with Crippen molar-refractivity contribution in [3.63, 3.8) is 0 Å². The highest BCUT2D eigenvalue weighted by molar-refractivity contribution is 7.89. The molecule has 0 radical (unpaired) electrons. The minimum absolute atomic E-state index is 0.161. The number of rotatable bonds is 6. The average Bonchev–Trinajstić information content (AvgIpc) is 2.30. The van der Waals surface area contributed by atoms with Crippen LogP contribution in [0.2, 0.25) is 0 Å². The molecule has 0 aliphatic heterocycles. The predicted molar refractivity (Wildman–Crippen MR) is 71.9 cm³/mol. The van der Waals surface area contributed by atoms with Gasteiger partial charge < -0.3 is 10.5 Å². The number of sulfonamides is 1. The molecule has 5 nitrogen and oxygen atoms in total. The third-order valence-electron chi connectivity index (χ3n) is 2.63. The lowest BCUT2D eigenvalue weighted by Crippen LogP contribution is -2.32. The molecule has 3 N–H and O–H groups in total. The second-order valence-electron chi connectivity index (χ2n) is 4.09. The van der Waals surface area contributed by atoms with Crippen LogP contribution in [0.25, 0.3) is 0 Å². The summed E-state index contributed by atoms with van der Waals surface area (Å²) >= 11 is 0. The molecule has 1 atom stereocenters. The Kier molecular flexibility index (Phi) is 5.13. The molecule has 0 saturated heterocycles. The van der Waals surface area contributed by atoms with Gasteiger partial charge in [-0.2, -0.15) is 0 Å². The Morgan fingerprint density at radius 2 is 2.11 bits per heavy atom. The zero-order chi connectivity index (χ0) is 13.8. The van der Waals surface area contributed by atoms with Crippen LogP contribution < -0.4 is 10.5 Å². The van der Waals surface area contributed by atoms with E-state index in [2.05, 4.69) is 4.72 Å². The maximum atomic E-state index is 12.1. The van der Waals surface area contributed by atoms with Crippen molar-refractivity contribution in [1.29, 1.82) is 0 Å². The third-order valence-corrected chi connectivity index (χ3v) is 4.20. The van der Waals surface area contributed by atoms with Gasteiger partial charge in [-0.05, 0) is 38.5 Å². The van der Waals surface area contributed by atoms with Crippen molar-refractivity contribution < 1.29 is 13.2 Å². The molecule has 0 bridgehead atoms. The summed E-state index contributed by atoms with van der Waals surface area (Å²) < 4.78 is 32.0. The van der Waals surface area contributed by atoms with Crippen LogP contribution in [-0.4, -0.2) is 27.7 Å². The van der Waals surface area contributed by atoms with Crippen LogP contribution in [0.4, 0.5) is 5.69 Å². The molecule has 0 saturated carbocycles. The number of hydrogen-bond acceptors (Lipinski definition) is 4. The van der Waals surface area contributed by atoms with Gasteiger partial charge in [0, 0.05) is 18.8 Å². The molecule has 0 amide bonds. The van der Waals surface area contributed by atoms with E-state index in [0.29, 0.717) is 17.9 Å². The molecule has 102 valence electrons. The normalized spacial score (nSPS) is 13.5. The molecule has 0 aliphatic carbocycles. The quantitative estimate of drug-likeness (QED) is 0.764. The Balaban J connectivity index is 2.84. The van der Waals surface area contributed by atoms with E-state index in [1.54, 1.807) is 25.1 Å². The fourth-order valence-electron chi connectivity index (χ4n) is 1.57. The highest BCUT2D eigenvalue weighted by Crippen LogP contribution is 2.20. The van der Waals surface area contributed by atoms with Gasteiger partial charge in [0.2, 0.25) is 10.0 Å². The summed E-state index contributed by atoms with van der Waals surface area (Å²) in [5.74, 6) is 0. The first-order valence-electron chi connectivity index (χ1n) is 5.84. The van der Waals surface area contributed by atoms with Crippen molar-refractivity contribution in [2.75, 3.05) is 18.9 Å². The van der Waals surface area contributed by atoms with E-state index in [1.807, 2.05) is 13.8 Å². The highest BCUT2D eigenvalue weighted by Gasteiger charge is 2.18. The smallest absolute Gasteiger partial charge is 0.240 e. The van der Waals surface area contributed by atoms with Crippen molar-refractivity contribution in [2.24, 2.45) is 0 Å². The first kappa shape index (κ1) is 14.9. The molecule has 0 fully saturated rings. The number of nitrogen functional groups attached to an aromatic ring is 1. The van der Waals surface area contributed by atoms with Crippen LogP contribution in [0.3, 0.4) is 0 Å². The van der Waals surface area contributed by atoms with Crippen LogP contribution in [-0.2, 0) is 14.8 Å². The zero-order valence-electron chi connectivity index (χ0n) is 10.9. The van der Waals surface area contributed by atoms with Gasteiger partial charge in [0.25, 0.3) is 0 Å². The number of anilines is 1. The standard InChI is InChI=1S/C12H20N2O3S/c1-4-17-9(2)8-14-18(15,16)12-7-5-6-11(13)10(12)3/h5-7,9,14H,4,8,13H2,1-3H3. The minimum atomic E-state index is -3.54. The average molecular weight is 272 g/mol. The van der Waals surface area contributed by atoms with Crippen LogP contribution in [0.15, 0.2) is 23.1 Å². The fourth-order valence-corrected chi connectivity index (χ4v) is 2.96. The molecular weight excluding hydrogens is 252 g/mol. The largest absolute Gasteiger partial charge is 0.398 e. The molecule has 1 rings (SSSR count). The van der Waals surface area contributed by atoms with Crippen LogP contribution in [0.1, 0.15) is 19.4 Å². The second-order valence-corrected chi connectivity index (χ2v) is 5.82. The lowest BCUT2D eigenvalue weighted by molar-refractivity contribution is 0.0799. The van der Waals surface area contributed by atoms with Gasteiger partial charge in [0.1, 0.15) is 0 Å². The topological polar surface area (TPSA) is 81.4 Å². The van der Waals surface area contributed by atoms with Crippen LogP contribution in [0.5, 0.6) is 0 Å². The van der Waals surface area contributed by atoms with Crippen molar-refractivity contribution in [2.45, 2.75) is 31.8 Å². The van der Waals surface area contributed by atoms with Crippen molar-refractivity contribution in [1.82, 2.24) is 4.72 Å². The van der Waals surface area contributed by atoms with Crippen molar-refractivity contribution in [3.8, 4) is 0 Å². The molecular formula is C12H20N2O3S. The van der Waals surface area contributed by atoms with E-state index in [1.165, 1.54) is 0 Å². The van der Waals surface area contributed by atoms with E-state index < -0.39 is 10.0 Å². The van der Waals surface area contributed by atoms with E-state index in [0.717, 1.165) is 0 Å². The van der Waals surface area contributed by atoms with Gasteiger partial charge >= 0.3 is 0 Å². The van der Waals surface area contributed by atoms with Crippen molar-refractivity contribution in [3.05, 3.63) is 23.8 Å². The Bertz CT molecular complexity index is 500. The summed E-state index contributed by atoms with van der Waals surface area (Å²) in [6.07, 6.45) is -0.161. The first-order valence-corrected chi connectivity index (χ1v) is 7.33. The van der Waals surface area contributed by atoms with Gasteiger partial charge in [-0.15, -0.1) is 0 Å². The molecule has 1 aromatic carbocycles. The monoisotopic (exact) mass is 272 g/mol. The molecule has 0 aromatic heterocycles. The minimum Gasteiger partial charge on any atom is -0.398 e. The van der Waals surface area contributed by atoms with Gasteiger partial charge in [-0.25, -0.2) is 13.1 Å². The second kappa shape index (κ2) is 6.17. The SMILES string of the molecule is CCOC(C)CNS(=O)(=O)c1cccc(N)c1C. The van der Waals surface area contributed by atoms with E-state index in [9.17, 15) is 8.42 Å². The van der Waals surface area contributed by atoms with Gasteiger partial charge in [-0.3, -0.25) is 0 Å². The number of hydrogen-bond donors (Lipinski definition) is 2. The third kappa shape index (κ3) is 3.69. The van der Waals surface area contributed by atoms with Crippen LogP contribution in [0, 0.1) is 6.92 Å². The first-order chi connectivity index (χ1) is 8.38. The van der Waals surface area contributed by atoms with Gasteiger partial charge in [0.15, 0.2) is 0 Å². The van der Waals surface area contributed by atoms with E-state index in [-0.39, 0.29) is 17.5 Å². The van der Waals surface area contributed by atoms with Crippen molar-refractivity contribution >= 4 is 15.7 Å². The highest BCUT2D eigenvalue weighted by atomic mass is 32.2. The molecule has 1 aromatic rings. The molecule has 1 unspecified atom stereocenters. The van der Waals surface area contributed by atoms with E-state index >= 15 is 0 Å². The fraction of sp³-hybridized carbons (Fsp3) is 0.500. The molecule has 6 heteroatoms. The molecule has 0 heterocycles. The van der Waals surface area contributed by atoms with Crippen LogP contribution >= 0.6 is 0 Å². The van der Waals surface area contributed by atoms with Gasteiger partial charge in [0.05, 0.1) is 11.0 Å². The summed E-state index contributed by atoms with van der Waals surface area (Å²) in [5.41, 5.74) is 6.74. The summed E-state index contributed by atoms with van der Waals surface area (Å²) in [7, 11) is -3.54. The molecule has 0 aliphatic rings. The predicted octanol–water partition coefficient (Wildman–Crippen LogP) is 1.28. The number of nitrogens with one attached hydrogen (secondary N) is 1. The summed E-state index contributed by atoms with van der Waals surface area (Å²) in [5, 5.41) is 0. The van der Waals surface area contributed by atoms with E-state index in [4.69, 9.17) is 10.5 Å².